The smallest absolute Gasteiger partial charge is 0.150 e. The van der Waals surface area contributed by atoms with Gasteiger partial charge in [-0.15, -0.1) is 0 Å². The van der Waals surface area contributed by atoms with E-state index in [4.69, 9.17) is 9.73 Å². The maximum absolute atomic E-state index is 13.4. The van der Waals surface area contributed by atoms with E-state index in [0.29, 0.717) is 0 Å². The van der Waals surface area contributed by atoms with Gasteiger partial charge in [-0.3, -0.25) is 10.4 Å². The van der Waals surface area contributed by atoms with Crippen molar-refractivity contribution >= 4 is 17.6 Å². The Morgan fingerprint density at radius 3 is 2.67 bits per heavy atom. The summed E-state index contributed by atoms with van der Waals surface area (Å²) in [7, 11) is 1.68. The fraction of sp³-hybridized carbons (Fsp3) is 0.231. The van der Waals surface area contributed by atoms with Crippen LogP contribution in [0.1, 0.15) is 36.6 Å². The van der Waals surface area contributed by atoms with Crippen molar-refractivity contribution in [2.24, 2.45) is 4.99 Å². The number of ether oxygens (including phenoxy) is 1. The molecule has 7 heteroatoms. The van der Waals surface area contributed by atoms with Crippen LogP contribution in [0.4, 0.5) is 4.39 Å². The summed E-state index contributed by atoms with van der Waals surface area (Å²) in [6, 6.07) is 12.7. The Balaban J connectivity index is 1.49. The van der Waals surface area contributed by atoms with E-state index >= 15 is 0 Å². The van der Waals surface area contributed by atoms with Crippen molar-refractivity contribution in [2.75, 3.05) is 13.7 Å². The van der Waals surface area contributed by atoms with Gasteiger partial charge in [0.05, 0.1) is 36.2 Å². The summed E-state index contributed by atoms with van der Waals surface area (Å²) in [4.78, 5) is 9.24. The molecule has 0 amide bonds. The van der Waals surface area contributed by atoms with E-state index in [0.717, 1.165) is 64.9 Å². The summed E-state index contributed by atoms with van der Waals surface area (Å²) in [5, 5.41) is 2.08. The maximum Gasteiger partial charge on any atom is 0.150 e. The van der Waals surface area contributed by atoms with Crippen LogP contribution in [0, 0.1) is 12.7 Å². The molecule has 168 valence electrons. The fourth-order valence-electron chi connectivity index (χ4n) is 4.27. The summed E-state index contributed by atoms with van der Waals surface area (Å²) in [6.07, 6.45) is 7.90. The zero-order valence-corrected chi connectivity index (χ0v) is 19.0. The number of benzene rings is 2. The molecule has 33 heavy (non-hydrogen) atoms. The number of aromatic nitrogens is 2. The third-order valence-electron chi connectivity index (χ3n) is 5.92. The van der Waals surface area contributed by atoms with Crippen LogP contribution in [-0.2, 0) is 0 Å². The molecular formula is C26H26FN5O. The van der Waals surface area contributed by atoms with Gasteiger partial charge < -0.3 is 9.30 Å². The number of aliphatic imine (C=N–C) groups is 1. The second-order valence-corrected chi connectivity index (χ2v) is 8.29. The Kier molecular flexibility index (Phi) is 5.46. The zero-order valence-electron chi connectivity index (χ0n) is 19.0. The predicted molar refractivity (Wildman–Crippen MR) is 128 cm³/mol. The minimum atomic E-state index is -0.246. The molecule has 1 saturated heterocycles. The first kappa shape index (κ1) is 21.0. The van der Waals surface area contributed by atoms with Crippen molar-refractivity contribution in [3.63, 3.8) is 0 Å². The average molecular weight is 444 g/mol. The van der Waals surface area contributed by atoms with E-state index in [9.17, 15) is 4.39 Å². The third-order valence-corrected chi connectivity index (χ3v) is 5.92. The second kappa shape index (κ2) is 8.58. The quantitative estimate of drug-likeness (QED) is 0.609. The number of nitrogens with one attached hydrogen (secondary N) is 1. The number of nitrogens with zero attached hydrogens (tertiary/aromatic N) is 4. The highest BCUT2D eigenvalue weighted by atomic mass is 19.1. The molecule has 0 unspecified atom stereocenters. The molecule has 3 aromatic rings. The molecule has 2 aromatic carbocycles. The molecule has 0 aliphatic carbocycles. The summed E-state index contributed by atoms with van der Waals surface area (Å²) in [5.74, 6) is 1.47. The monoisotopic (exact) mass is 443 g/mol. The molecule has 2 aliphatic heterocycles. The summed E-state index contributed by atoms with van der Waals surface area (Å²) in [6.45, 7) is 4.80. The number of hydrogen-bond donors (Lipinski definition) is 1. The molecule has 0 spiro atoms. The van der Waals surface area contributed by atoms with Crippen molar-refractivity contribution in [1.29, 1.82) is 0 Å². The molecule has 6 nitrogen and oxygen atoms in total. The van der Waals surface area contributed by atoms with Crippen molar-refractivity contribution < 1.29 is 9.13 Å². The van der Waals surface area contributed by atoms with E-state index in [1.165, 1.54) is 17.7 Å². The number of halogens is 1. The topological polar surface area (TPSA) is 54.7 Å². The fourth-order valence-corrected chi connectivity index (χ4v) is 4.27. The van der Waals surface area contributed by atoms with E-state index in [-0.39, 0.29) is 5.82 Å². The summed E-state index contributed by atoms with van der Waals surface area (Å²) >= 11 is 0. The Bertz CT molecular complexity index is 1290. The first-order valence-corrected chi connectivity index (χ1v) is 11.0. The normalized spacial score (nSPS) is 17.0. The molecule has 3 heterocycles. The molecule has 2 aliphatic rings. The Morgan fingerprint density at radius 2 is 1.94 bits per heavy atom. The Labute approximate surface area is 192 Å². The SMILES string of the molecule is COc1cc(/C=C2\CCCN3NC(c4ccc(F)cc4)=C(C)N=C23)ccc1-n1cnc(C)c1. The molecule has 0 radical (unpaired) electrons. The lowest BCUT2D eigenvalue weighted by atomic mass is 10.00. The molecule has 0 bridgehead atoms. The van der Waals surface area contributed by atoms with Gasteiger partial charge in [0.25, 0.3) is 0 Å². The lowest BCUT2D eigenvalue weighted by Gasteiger charge is -2.37. The molecular weight excluding hydrogens is 417 g/mol. The number of allylic oxidation sites excluding steroid dienone is 1. The van der Waals surface area contributed by atoms with Crippen molar-refractivity contribution in [2.45, 2.75) is 26.7 Å². The first-order valence-electron chi connectivity index (χ1n) is 11.0. The number of rotatable bonds is 4. The molecule has 1 N–H and O–H groups in total. The number of fused-ring (bicyclic) bond motifs is 1. The third kappa shape index (κ3) is 4.14. The van der Waals surface area contributed by atoms with Gasteiger partial charge >= 0.3 is 0 Å². The van der Waals surface area contributed by atoms with Gasteiger partial charge in [0, 0.05) is 18.3 Å². The highest BCUT2D eigenvalue weighted by Gasteiger charge is 2.26. The number of hydrogen-bond acceptors (Lipinski definition) is 5. The molecule has 5 rings (SSSR count). The number of piperidine rings is 1. The summed E-state index contributed by atoms with van der Waals surface area (Å²) in [5.41, 5.74) is 10.3. The van der Waals surface area contributed by atoms with Crippen molar-refractivity contribution in [3.05, 3.63) is 88.9 Å². The predicted octanol–water partition coefficient (Wildman–Crippen LogP) is 5.11. The molecule has 0 saturated carbocycles. The number of methoxy groups -OCH3 is 1. The number of hydrazine groups is 1. The minimum Gasteiger partial charge on any atom is -0.495 e. The molecule has 1 fully saturated rings. The van der Waals surface area contributed by atoms with Gasteiger partial charge in [0.2, 0.25) is 0 Å². The number of imidazole rings is 1. The van der Waals surface area contributed by atoms with Crippen LogP contribution in [0.25, 0.3) is 17.5 Å². The molecule has 0 atom stereocenters. The van der Waals surface area contributed by atoms with E-state index < -0.39 is 0 Å². The van der Waals surface area contributed by atoms with Gasteiger partial charge in [-0.05, 0) is 80.3 Å². The van der Waals surface area contributed by atoms with Crippen LogP contribution in [0.3, 0.4) is 0 Å². The standard InChI is InChI=1S/C26H26FN5O/c1-17-15-31(16-28-17)23-11-6-19(14-24(23)33-3)13-21-5-4-12-32-26(21)29-18(2)25(30-32)20-7-9-22(27)10-8-20/h6-11,13-16,30H,4-5,12H2,1-3H3/b21-13+. The van der Waals surface area contributed by atoms with Gasteiger partial charge in [-0.1, -0.05) is 6.07 Å². The van der Waals surface area contributed by atoms with Crippen LogP contribution in [0.5, 0.6) is 5.75 Å². The first-order chi connectivity index (χ1) is 16.0. The largest absolute Gasteiger partial charge is 0.495 e. The Hall–Kier alpha value is -3.87. The van der Waals surface area contributed by atoms with Gasteiger partial charge in [0.15, 0.2) is 5.84 Å². The summed E-state index contributed by atoms with van der Waals surface area (Å²) < 4.78 is 21.0. The van der Waals surface area contributed by atoms with Crippen molar-refractivity contribution in [3.8, 4) is 11.4 Å². The van der Waals surface area contributed by atoms with E-state index in [1.54, 1.807) is 25.6 Å². The maximum atomic E-state index is 13.4. The number of aryl methyl sites for hydroxylation is 1. The highest BCUT2D eigenvalue weighted by Crippen LogP contribution is 2.30. The van der Waals surface area contributed by atoms with Gasteiger partial charge in [-0.2, -0.15) is 0 Å². The second-order valence-electron chi connectivity index (χ2n) is 8.29. The van der Waals surface area contributed by atoms with Gasteiger partial charge in [-0.25, -0.2) is 14.4 Å². The van der Waals surface area contributed by atoms with Crippen LogP contribution in [0.2, 0.25) is 0 Å². The van der Waals surface area contributed by atoms with E-state index in [1.807, 2.05) is 36.7 Å². The lowest BCUT2D eigenvalue weighted by molar-refractivity contribution is 0.338. The molecule has 1 aromatic heterocycles. The van der Waals surface area contributed by atoms with Gasteiger partial charge in [0.1, 0.15) is 11.6 Å². The van der Waals surface area contributed by atoms with Crippen LogP contribution < -0.4 is 10.2 Å². The van der Waals surface area contributed by atoms with Crippen LogP contribution in [-0.4, -0.2) is 34.1 Å². The highest BCUT2D eigenvalue weighted by molar-refractivity contribution is 6.04. The Morgan fingerprint density at radius 1 is 1.12 bits per heavy atom. The average Bonchev–Trinajstić information content (AvgIpc) is 3.25. The lowest BCUT2D eigenvalue weighted by Crippen LogP contribution is -2.48. The minimum absolute atomic E-state index is 0.246. The zero-order chi connectivity index (χ0) is 22.9. The van der Waals surface area contributed by atoms with Crippen LogP contribution in [0.15, 0.2) is 71.3 Å². The number of amidine groups is 1. The van der Waals surface area contributed by atoms with Crippen molar-refractivity contribution in [1.82, 2.24) is 20.0 Å². The van der Waals surface area contributed by atoms with Crippen LogP contribution >= 0.6 is 0 Å². The van der Waals surface area contributed by atoms with E-state index in [2.05, 4.69) is 27.6 Å².